The molecule has 0 rings (SSSR count). The van der Waals surface area contributed by atoms with Crippen LogP contribution in [0.25, 0.3) is 0 Å². The number of carboxylic acids is 1. The third-order valence-electron chi connectivity index (χ3n) is 1.79. The molecule has 0 bridgehead atoms. The Morgan fingerprint density at radius 3 is 2.27 bits per heavy atom. The van der Waals surface area contributed by atoms with E-state index in [-0.39, 0.29) is 25.2 Å². The fourth-order valence-corrected chi connectivity index (χ4v) is 0.843. The third kappa shape index (κ3) is 11.0. The number of carbonyl (C=O) groups excluding carboxylic acids is 1. The lowest BCUT2D eigenvalue weighted by Gasteiger charge is -2.23. The summed E-state index contributed by atoms with van der Waals surface area (Å²) in [5.74, 6) is -1.10. The van der Waals surface area contributed by atoms with Gasteiger partial charge >= 0.3 is 5.97 Å². The van der Waals surface area contributed by atoms with Crippen LogP contribution in [-0.4, -0.2) is 62.2 Å². The van der Waals surface area contributed by atoms with E-state index in [4.69, 9.17) is 9.84 Å². The van der Waals surface area contributed by atoms with Gasteiger partial charge in [0.1, 0.15) is 13.2 Å². The molecule has 5 nitrogen and oxygen atoms in total. The zero-order chi connectivity index (χ0) is 11.9. The van der Waals surface area contributed by atoms with Crippen LogP contribution < -0.4 is 0 Å². The Bertz CT molecular complexity index is 220. The second-order valence-electron chi connectivity index (χ2n) is 4.50. The molecule has 0 amide bonds. The standard InChI is InChI=1S/C10H19NO4/c1-11(2,3)6-7-15-8-9(12)4-5-10(13)14/h4-8H2,1-3H3/p+1. The minimum absolute atomic E-state index is 0.0211. The van der Waals surface area contributed by atoms with E-state index in [9.17, 15) is 9.59 Å². The number of hydrogen-bond acceptors (Lipinski definition) is 3. The minimum atomic E-state index is -0.949. The fraction of sp³-hybridized carbons (Fsp3) is 0.800. The minimum Gasteiger partial charge on any atom is -0.481 e. The summed E-state index contributed by atoms with van der Waals surface area (Å²) in [6, 6.07) is 0. The summed E-state index contributed by atoms with van der Waals surface area (Å²) in [7, 11) is 6.11. The molecule has 0 heterocycles. The van der Waals surface area contributed by atoms with Crippen LogP contribution in [-0.2, 0) is 14.3 Å². The molecule has 0 saturated carbocycles. The molecule has 0 aliphatic carbocycles. The maximum Gasteiger partial charge on any atom is 0.303 e. The van der Waals surface area contributed by atoms with E-state index < -0.39 is 5.97 Å². The highest BCUT2D eigenvalue weighted by molar-refractivity contribution is 5.83. The summed E-state index contributed by atoms with van der Waals surface area (Å²) in [5.41, 5.74) is 0. The normalized spacial score (nSPS) is 11.4. The van der Waals surface area contributed by atoms with Crippen LogP contribution in [0.1, 0.15) is 12.8 Å². The highest BCUT2D eigenvalue weighted by atomic mass is 16.5. The lowest BCUT2D eigenvalue weighted by molar-refractivity contribution is -0.870. The molecule has 0 fully saturated rings. The maximum absolute atomic E-state index is 11.1. The van der Waals surface area contributed by atoms with Crippen molar-refractivity contribution in [3.05, 3.63) is 0 Å². The number of aliphatic carboxylic acids is 1. The highest BCUT2D eigenvalue weighted by Gasteiger charge is 2.08. The van der Waals surface area contributed by atoms with E-state index in [0.717, 1.165) is 11.0 Å². The molecule has 0 unspecified atom stereocenters. The molecule has 5 heteroatoms. The number of ketones is 1. The van der Waals surface area contributed by atoms with Gasteiger partial charge < -0.3 is 14.3 Å². The van der Waals surface area contributed by atoms with E-state index in [1.165, 1.54) is 0 Å². The molecule has 88 valence electrons. The van der Waals surface area contributed by atoms with Crippen LogP contribution in [0.4, 0.5) is 0 Å². The van der Waals surface area contributed by atoms with Gasteiger partial charge in [0.05, 0.1) is 34.2 Å². The third-order valence-corrected chi connectivity index (χ3v) is 1.79. The monoisotopic (exact) mass is 218 g/mol. The summed E-state index contributed by atoms with van der Waals surface area (Å²) < 4.78 is 5.93. The summed E-state index contributed by atoms with van der Waals surface area (Å²) >= 11 is 0. The van der Waals surface area contributed by atoms with Crippen molar-refractivity contribution in [2.24, 2.45) is 0 Å². The van der Waals surface area contributed by atoms with Gasteiger partial charge in [0.25, 0.3) is 0 Å². The molecule has 0 aromatic carbocycles. The van der Waals surface area contributed by atoms with Gasteiger partial charge in [-0.15, -0.1) is 0 Å². The predicted molar refractivity (Wildman–Crippen MR) is 55.6 cm³/mol. The molecule has 1 N–H and O–H groups in total. The lowest BCUT2D eigenvalue weighted by atomic mass is 10.2. The van der Waals surface area contributed by atoms with Gasteiger partial charge in [-0.1, -0.05) is 0 Å². The largest absolute Gasteiger partial charge is 0.481 e. The Kier molecular flexibility index (Phi) is 6.12. The van der Waals surface area contributed by atoms with Crippen molar-refractivity contribution in [1.29, 1.82) is 0 Å². The van der Waals surface area contributed by atoms with Crippen LogP contribution >= 0.6 is 0 Å². The molecule has 0 atom stereocenters. The second-order valence-corrected chi connectivity index (χ2v) is 4.50. The van der Waals surface area contributed by atoms with Crippen molar-refractivity contribution < 1.29 is 23.9 Å². The molecule has 0 radical (unpaired) electrons. The number of rotatable bonds is 8. The van der Waals surface area contributed by atoms with Gasteiger partial charge in [0, 0.05) is 6.42 Å². The quantitative estimate of drug-likeness (QED) is 0.465. The van der Waals surface area contributed by atoms with Crippen LogP contribution in [0.2, 0.25) is 0 Å². The van der Waals surface area contributed by atoms with Crippen molar-refractivity contribution in [2.75, 3.05) is 40.9 Å². The first-order chi connectivity index (χ1) is 6.81. The van der Waals surface area contributed by atoms with E-state index >= 15 is 0 Å². The number of ether oxygens (including phenoxy) is 1. The van der Waals surface area contributed by atoms with Gasteiger partial charge in [-0.3, -0.25) is 9.59 Å². The van der Waals surface area contributed by atoms with E-state index in [1.807, 2.05) is 21.1 Å². The molecule has 0 aliphatic rings. The van der Waals surface area contributed by atoms with Gasteiger partial charge in [-0.25, -0.2) is 0 Å². The number of carbonyl (C=O) groups is 2. The average molecular weight is 218 g/mol. The topological polar surface area (TPSA) is 63.6 Å². The number of hydrogen-bond donors (Lipinski definition) is 1. The lowest BCUT2D eigenvalue weighted by Crippen LogP contribution is -2.37. The number of quaternary nitrogens is 1. The first kappa shape index (κ1) is 14.1. The Morgan fingerprint density at radius 2 is 1.80 bits per heavy atom. The van der Waals surface area contributed by atoms with Crippen molar-refractivity contribution in [3.63, 3.8) is 0 Å². The Hall–Kier alpha value is -0.940. The first-order valence-corrected chi connectivity index (χ1v) is 4.93. The smallest absolute Gasteiger partial charge is 0.303 e. The number of likely N-dealkylation sites (N-methyl/N-ethyl adjacent to an activating group) is 1. The summed E-state index contributed by atoms with van der Waals surface area (Å²) in [4.78, 5) is 21.2. The molecule has 0 aliphatic heterocycles. The van der Waals surface area contributed by atoms with Crippen molar-refractivity contribution >= 4 is 11.8 Å². The van der Waals surface area contributed by atoms with E-state index in [1.54, 1.807) is 0 Å². The molecule has 0 spiro atoms. The molecular formula is C10H20NO4+. The van der Waals surface area contributed by atoms with Gasteiger partial charge in [-0.2, -0.15) is 0 Å². The van der Waals surface area contributed by atoms with Gasteiger partial charge in [-0.05, 0) is 0 Å². The highest BCUT2D eigenvalue weighted by Crippen LogP contribution is 1.93. The van der Waals surface area contributed by atoms with Gasteiger partial charge in [0.2, 0.25) is 0 Å². The van der Waals surface area contributed by atoms with Crippen LogP contribution in [0.15, 0.2) is 0 Å². The number of Topliss-reactive ketones (excluding diaryl/α,β-unsaturated/α-hetero) is 1. The zero-order valence-electron chi connectivity index (χ0n) is 9.65. The molecule has 0 saturated heterocycles. The fourth-order valence-electron chi connectivity index (χ4n) is 0.843. The van der Waals surface area contributed by atoms with E-state index in [0.29, 0.717) is 6.61 Å². The Labute approximate surface area is 90.2 Å². The summed E-state index contributed by atoms with van der Waals surface area (Å²) in [5, 5.41) is 8.35. The molecular weight excluding hydrogens is 198 g/mol. The van der Waals surface area contributed by atoms with Crippen LogP contribution in [0.3, 0.4) is 0 Å². The Balaban J connectivity index is 3.44. The van der Waals surface area contributed by atoms with Crippen molar-refractivity contribution in [2.45, 2.75) is 12.8 Å². The van der Waals surface area contributed by atoms with Crippen LogP contribution in [0, 0.1) is 0 Å². The van der Waals surface area contributed by atoms with Crippen molar-refractivity contribution in [1.82, 2.24) is 0 Å². The zero-order valence-corrected chi connectivity index (χ0v) is 9.65. The van der Waals surface area contributed by atoms with Crippen LogP contribution in [0.5, 0.6) is 0 Å². The molecule has 0 aromatic rings. The van der Waals surface area contributed by atoms with E-state index in [2.05, 4.69) is 0 Å². The second kappa shape index (κ2) is 6.53. The molecule has 0 aromatic heterocycles. The number of carboxylic acid groups (broad SMARTS) is 1. The summed E-state index contributed by atoms with van der Waals surface area (Å²) in [6.07, 6.45) is -0.0583. The number of nitrogens with zero attached hydrogens (tertiary/aromatic N) is 1. The van der Waals surface area contributed by atoms with Crippen molar-refractivity contribution in [3.8, 4) is 0 Å². The molecule has 15 heavy (non-hydrogen) atoms. The average Bonchev–Trinajstić information content (AvgIpc) is 2.07. The van der Waals surface area contributed by atoms with Gasteiger partial charge in [0.15, 0.2) is 5.78 Å². The first-order valence-electron chi connectivity index (χ1n) is 4.93. The summed E-state index contributed by atoms with van der Waals surface area (Å²) in [6.45, 7) is 1.36. The predicted octanol–water partition coefficient (Wildman–Crippen LogP) is 0.143. The maximum atomic E-state index is 11.1. The Morgan fingerprint density at radius 1 is 1.20 bits per heavy atom. The SMILES string of the molecule is C[N+](C)(C)CCOCC(=O)CCC(=O)O.